The van der Waals surface area contributed by atoms with E-state index in [2.05, 4.69) is 30.3 Å². The highest BCUT2D eigenvalue weighted by atomic mass is 19.4. The number of nitrogens with one attached hydrogen (secondary N) is 3. The van der Waals surface area contributed by atoms with Gasteiger partial charge in [0.1, 0.15) is 5.71 Å². The number of carbonyl (C=O) groups excluding carboxylic acids is 2. The van der Waals surface area contributed by atoms with Gasteiger partial charge in [0.2, 0.25) is 17.6 Å². The largest absolute Gasteiger partial charge is 0.465 e. The molecule has 0 unspecified atom stereocenters. The Hall–Kier alpha value is -4.29. The molecule has 3 N–H and O–H groups in total. The van der Waals surface area contributed by atoms with Crippen molar-refractivity contribution in [2.75, 3.05) is 17.7 Å². The first kappa shape index (κ1) is 24.4. The number of oxazole rings is 1. The van der Waals surface area contributed by atoms with Crippen LogP contribution in [0.25, 0.3) is 11.5 Å². The lowest BCUT2D eigenvalue weighted by Gasteiger charge is -2.13. The fourth-order valence-electron chi connectivity index (χ4n) is 2.81. The van der Waals surface area contributed by atoms with Crippen LogP contribution < -0.4 is 10.6 Å². The van der Waals surface area contributed by atoms with Crippen LogP contribution in [-0.2, 0) is 15.7 Å². The monoisotopic (exact) mass is 476 g/mol. The standard InChI is InChI=1S/C21H19F3N6O4/c1-11(8-14(25)19(32)33-2)28-20-26-9-13(10-27-20)29-17(31)15-16(21(22,23)24)34-18(30-15)12-6-4-3-5-7-12/h3-7,9-11,25H,8H2,1-2H3,(H,29,31)(H,26,27,28)/t11-/m0/s1. The number of benzene rings is 1. The number of aromatic nitrogens is 3. The number of hydrogen-bond donors (Lipinski definition) is 3. The van der Waals surface area contributed by atoms with Gasteiger partial charge in [-0.2, -0.15) is 13.2 Å². The van der Waals surface area contributed by atoms with Gasteiger partial charge >= 0.3 is 12.1 Å². The summed E-state index contributed by atoms with van der Waals surface area (Å²) in [6, 6.07) is 7.47. The molecule has 34 heavy (non-hydrogen) atoms. The molecule has 2 aromatic heterocycles. The van der Waals surface area contributed by atoms with Crippen LogP contribution in [0.5, 0.6) is 0 Å². The third-order valence-electron chi connectivity index (χ3n) is 4.35. The Bertz CT molecular complexity index is 1180. The van der Waals surface area contributed by atoms with Crippen molar-refractivity contribution >= 4 is 29.2 Å². The molecule has 0 aliphatic rings. The zero-order chi connectivity index (χ0) is 24.9. The van der Waals surface area contributed by atoms with Crippen LogP contribution in [0.15, 0.2) is 47.1 Å². The Balaban J connectivity index is 1.72. The molecule has 13 heteroatoms. The topological polar surface area (TPSA) is 143 Å². The highest BCUT2D eigenvalue weighted by molar-refractivity contribution is 6.35. The number of ether oxygens (including phenoxy) is 1. The Morgan fingerprint density at radius 3 is 2.41 bits per heavy atom. The highest BCUT2D eigenvalue weighted by Crippen LogP contribution is 2.35. The Morgan fingerprint density at radius 2 is 1.82 bits per heavy atom. The number of esters is 1. The number of anilines is 2. The molecule has 0 saturated heterocycles. The van der Waals surface area contributed by atoms with Crippen LogP contribution in [0.3, 0.4) is 0 Å². The summed E-state index contributed by atoms with van der Waals surface area (Å²) in [7, 11) is 1.17. The summed E-state index contributed by atoms with van der Waals surface area (Å²) in [5.41, 5.74) is -0.874. The van der Waals surface area contributed by atoms with Gasteiger partial charge in [0.25, 0.3) is 5.91 Å². The van der Waals surface area contributed by atoms with E-state index in [0.717, 1.165) is 0 Å². The Labute approximate surface area is 191 Å². The molecule has 3 aromatic rings. The lowest BCUT2D eigenvalue weighted by Crippen LogP contribution is -2.25. The molecule has 3 rings (SSSR count). The summed E-state index contributed by atoms with van der Waals surface area (Å²) in [5.74, 6) is -3.66. The Kier molecular flexibility index (Phi) is 7.24. The summed E-state index contributed by atoms with van der Waals surface area (Å²) in [6.07, 6.45) is -2.54. The molecule has 2 heterocycles. The number of hydrogen-bond acceptors (Lipinski definition) is 9. The van der Waals surface area contributed by atoms with Crippen molar-refractivity contribution in [3.8, 4) is 11.5 Å². The van der Waals surface area contributed by atoms with E-state index >= 15 is 0 Å². The number of alkyl halides is 3. The van der Waals surface area contributed by atoms with Crippen molar-refractivity contribution in [3.05, 3.63) is 54.2 Å². The smallest absolute Gasteiger partial charge is 0.452 e. The molecule has 0 aliphatic carbocycles. The highest BCUT2D eigenvalue weighted by Gasteiger charge is 2.42. The molecule has 178 valence electrons. The Morgan fingerprint density at radius 1 is 1.18 bits per heavy atom. The van der Waals surface area contributed by atoms with Gasteiger partial charge in [0.05, 0.1) is 25.2 Å². The fourth-order valence-corrected chi connectivity index (χ4v) is 2.81. The van der Waals surface area contributed by atoms with Gasteiger partial charge in [-0.25, -0.2) is 19.7 Å². The molecule has 0 bridgehead atoms. The number of carbonyl (C=O) groups is 2. The van der Waals surface area contributed by atoms with E-state index in [-0.39, 0.29) is 35.2 Å². The summed E-state index contributed by atoms with van der Waals surface area (Å²) in [6.45, 7) is 1.68. The normalized spacial score (nSPS) is 12.0. The molecule has 0 radical (unpaired) electrons. The lowest BCUT2D eigenvalue weighted by atomic mass is 10.1. The second kappa shape index (κ2) is 10.1. The number of halogens is 3. The van der Waals surface area contributed by atoms with Crippen molar-refractivity contribution in [2.24, 2.45) is 0 Å². The van der Waals surface area contributed by atoms with E-state index in [9.17, 15) is 22.8 Å². The van der Waals surface area contributed by atoms with Crippen molar-refractivity contribution < 1.29 is 31.9 Å². The zero-order valence-electron chi connectivity index (χ0n) is 17.9. The quantitative estimate of drug-likeness (QED) is 0.329. The first-order valence-corrected chi connectivity index (χ1v) is 9.77. The maximum atomic E-state index is 13.4. The van der Waals surface area contributed by atoms with E-state index in [4.69, 9.17) is 9.83 Å². The van der Waals surface area contributed by atoms with Gasteiger partial charge in [-0.1, -0.05) is 18.2 Å². The fraction of sp³-hybridized carbons (Fsp3) is 0.238. The molecule has 10 nitrogen and oxygen atoms in total. The maximum absolute atomic E-state index is 13.4. The summed E-state index contributed by atoms with van der Waals surface area (Å²) >= 11 is 0. The van der Waals surface area contributed by atoms with Gasteiger partial charge in [0.15, 0.2) is 5.69 Å². The molecule has 0 spiro atoms. The van der Waals surface area contributed by atoms with Crippen LogP contribution in [0.1, 0.15) is 29.6 Å². The first-order chi connectivity index (χ1) is 16.1. The minimum absolute atomic E-state index is 0.0166. The van der Waals surface area contributed by atoms with Gasteiger partial charge < -0.3 is 19.8 Å². The van der Waals surface area contributed by atoms with Crippen molar-refractivity contribution in [1.29, 1.82) is 5.41 Å². The first-order valence-electron chi connectivity index (χ1n) is 9.77. The van der Waals surface area contributed by atoms with Crippen LogP contribution >= 0.6 is 0 Å². The minimum Gasteiger partial charge on any atom is -0.465 e. The molecule has 1 atom stereocenters. The van der Waals surface area contributed by atoms with E-state index in [1.165, 1.54) is 31.6 Å². The van der Waals surface area contributed by atoms with E-state index in [0.29, 0.717) is 0 Å². The van der Waals surface area contributed by atoms with E-state index < -0.39 is 35.5 Å². The molecule has 1 amide bonds. The van der Waals surface area contributed by atoms with Crippen molar-refractivity contribution in [3.63, 3.8) is 0 Å². The molecule has 0 aliphatic heterocycles. The average molecular weight is 476 g/mol. The van der Waals surface area contributed by atoms with Gasteiger partial charge in [-0.15, -0.1) is 0 Å². The molecular formula is C21H19F3N6O4. The second-order valence-electron chi connectivity index (χ2n) is 7.03. The molecule has 0 saturated carbocycles. The lowest BCUT2D eigenvalue weighted by molar-refractivity contribution is -0.153. The summed E-state index contributed by atoms with van der Waals surface area (Å²) in [5, 5.41) is 12.7. The predicted molar refractivity (Wildman–Crippen MR) is 114 cm³/mol. The van der Waals surface area contributed by atoms with Crippen molar-refractivity contribution in [2.45, 2.75) is 25.6 Å². The zero-order valence-corrected chi connectivity index (χ0v) is 17.9. The van der Waals surface area contributed by atoms with Gasteiger partial charge in [0, 0.05) is 18.0 Å². The number of methoxy groups -OCH3 is 1. The molecule has 0 fully saturated rings. The van der Waals surface area contributed by atoms with Gasteiger partial charge in [-0.05, 0) is 19.1 Å². The van der Waals surface area contributed by atoms with Crippen LogP contribution in [0.4, 0.5) is 24.8 Å². The van der Waals surface area contributed by atoms with Gasteiger partial charge in [-0.3, -0.25) is 10.2 Å². The number of nitrogens with zero attached hydrogens (tertiary/aromatic N) is 3. The SMILES string of the molecule is COC(=O)C(=N)C[C@H](C)Nc1ncc(NC(=O)c2nc(-c3ccccc3)oc2C(F)(F)F)cn1. The van der Waals surface area contributed by atoms with Crippen LogP contribution in [-0.4, -0.2) is 45.7 Å². The van der Waals surface area contributed by atoms with E-state index in [1.54, 1.807) is 25.1 Å². The number of amides is 1. The third kappa shape index (κ3) is 5.94. The predicted octanol–water partition coefficient (Wildman–Crippen LogP) is 3.79. The van der Waals surface area contributed by atoms with Crippen LogP contribution in [0, 0.1) is 5.41 Å². The minimum atomic E-state index is -4.94. The van der Waals surface area contributed by atoms with Crippen molar-refractivity contribution in [1.82, 2.24) is 15.0 Å². The molecular weight excluding hydrogens is 457 g/mol. The molecule has 1 aromatic carbocycles. The average Bonchev–Trinajstić information content (AvgIpc) is 3.27. The van der Waals surface area contributed by atoms with Crippen LogP contribution in [0.2, 0.25) is 0 Å². The maximum Gasteiger partial charge on any atom is 0.452 e. The second-order valence-corrected chi connectivity index (χ2v) is 7.03. The number of rotatable bonds is 8. The summed E-state index contributed by atoms with van der Waals surface area (Å²) < 4.78 is 49.6. The third-order valence-corrected chi connectivity index (χ3v) is 4.35. The van der Waals surface area contributed by atoms with E-state index in [1.807, 2.05) is 0 Å². The summed E-state index contributed by atoms with van der Waals surface area (Å²) in [4.78, 5) is 35.5.